The molecule has 0 spiro atoms. The monoisotopic (exact) mass is 432 g/mol. The van der Waals surface area contributed by atoms with Crippen molar-refractivity contribution in [2.75, 3.05) is 32.8 Å². The SMILES string of the molecule is O=C(CC(c1ccccc1)c1ccccc1)NC[C@@H](c1ccc(F)cc1)N1CCOCC1. The zero-order valence-corrected chi connectivity index (χ0v) is 18.1. The Morgan fingerprint density at radius 1 is 0.844 bits per heavy atom. The van der Waals surface area contributed by atoms with Crippen LogP contribution in [0.2, 0.25) is 0 Å². The number of benzene rings is 3. The van der Waals surface area contributed by atoms with Gasteiger partial charge >= 0.3 is 0 Å². The Kier molecular flexibility index (Phi) is 7.64. The van der Waals surface area contributed by atoms with Gasteiger partial charge in [-0.3, -0.25) is 9.69 Å². The van der Waals surface area contributed by atoms with Crippen molar-refractivity contribution >= 4 is 5.91 Å². The molecule has 0 saturated carbocycles. The second kappa shape index (κ2) is 11.0. The van der Waals surface area contributed by atoms with E-state index in [9.17, 15) is 9.18 Å². The largest absolute Gasteiger partial charge is 0.379 e. The summed E-state index contributed by atoms with van der Waals surface area (Å²) in [6, 6.07) is 26.8. The highest BCUT2D eigenvalue weighted by molar-refractivity contribution is 5.77. The van der Waals surface area contributed by atoms with Crippen LogP contribution in [0.25, 0.3) is 0 Å². The third-order valence-electron chi connectivity index (χ3n) is 6.03. The Hall–Kier alpha value is -3.02. The molecule has 0 aromatic heterocycles. The predicted octanol–water partition coefficient (Wildman–Crippen LogP) is 4.54. The van der Waals surface area contributed by atoms with E-state index in [0.717, 1.165) is 29.8 Å². The Labute approximate surface area is 189 Å². The van der Waals surface area contributed by atoms with Crippen molar-refractivity contribution in [3.8, 4) is 0 Å². The van der Waals surface area contributed by atoms with E-state index in [2.05, 4.69) is 34.5 Å². The first-order valence-corrected chi connectivity index (χ1v) is 11.1. The highest BCUT2D eigenvalue weighted by Crippen LogP contribution is 2.28. The minimum absolute atomic E-state index is 0.00285. The molecule has 1 saturated heterocycles. The lowest BCUT2D eigenvalue weighted by atomic mass is 9.88. The molecule has 3 aromatic rings. The van der Waals surface area contributed by atoms with Crippen LogP contribution in [0.15, 0.2) is 84.9 Å². The number of carbonyl (C=O) groups excluding carboxylic acids is 1. The average Bonchev–Trinajstić information content (AvgIpc) is 2.85. The number of ether oxygens (including phenoxy) is 1. The van der Waals surface area contributed by atoms with Crippen LogP contribution in [-0.2, 0) is 9.53 Å². The summed E-state index contributed by atoms with van der Waals surface area (Å²) >= 11 is 0. The summed E-state index contributed by atoms with van der Waals surface area (Å²) in [5, 5.41) is 3.15. The summed E-state index contributed by atoms with van der Waals surface area (Å²) in [5.41, 5.74) is 3.24. The van der Waals surface area contributed by atoms with Crippen molar-refractivity contribution in [2.24, 2.45) is 0 Å². The Balaban J connectivity index is 1.47. The maximum atomic E-state index is 13.5. The van der Waals surface area contributed by atoms with E-state index in [1.54, 1.807) is 12.1 Å². The van der Waals surface area contributed by atoms with E-state index in [1.165, 1.54) is 12.1 Å². The second-order valence-electron chi connectivity index (χ2n) is 8.10. The van der Waals surface area contributed by atoms with Crippen molar-refractivity contribution in [3.63, 3.8) is 0 Å². The number of nitrogens with zero attached hydrogens (tertiary/aromatic N) is 1. The van der Waals surface area contributed by atoms with Gasteiger partial charge in [-0.2, -0.15) is 0 Å². The number of rotatable bonds is 8. The Morgan fingerprint density at radius 2 is 1.41 bits per heavy atom. The van der Waals surface area contributed by atoms with Crippen LogP contribution in [0, 0.1) is 5.82 Å². The van der Waals surface area contributed by atoms with Crippen LogP contribution in [0.5, 0.6) is 0 Å². The van der Waals surface area contributed by atoms with Gasteiger partial charge in [-0.1, -0.05) is 72.8 Å². The van der Waals surface area contributed by atoms with Gasteiger partial charge in [0.05, 0.1) is 19.3 Å². The lowest BCUT2D eigenvalue weighted by Gasteiger charge is -2.35. The second-order valence-corrected chi connectivity index (χ2v) is 8.10. The molecule has 1 fully saturated rings. The first-order chi connectivity index (χ1) is 15.7. The van der Waals surface area contributed by atoms with E-state index >= 15 is 0 Å². The fraction of sp³-hybridized carbons (Fsp3) is 0.296. The molecule has 1 atom stereocenters. The van der Waals surface area contributed by atoms with Crippen molar-refractivity contribution in [3.05, 3.63) is 107 Å². The highest BCUT2D eigenvalue weighted by atomic mass is 19.1. The number of morpholine rings is 1. The van der Waals surface area contributed by atoms with E-state index < -0.39 is 0 Å². The molecule has 32 heavy (non-hydrogen) atoms. The van der Waals surface area contributed by atoms with E-state index in [1.807, 2.05) is 36.4 Å². The molecular weight excluding hydrogens is 403 g/mol. The quantitative estimate of drug-likeness (QED) is 0.568. The number of halogens is 1. The molecule has 3 aromatic carbocycles. The fourth-order valence-electron chi connectivity index (χ4n) is 4.30. The maximum absolute atomic E-state index is 13.5. The van der Waals surface area contributed by atoms with Crippen molar-refractivity contribution in [2.45, 2.75) is 18.4 Å². The molecule has 5 heteroatoms. The summed E-state index contributed by atoms with van der Waals surface area (Å²) < 4.78 is 19.0. The third kappa shape index (κ3) is 5.81. The van der Waals surface area contributed by atoms with Gasteiger partial charge in [-0.05, 0) is 28.8 Å². The topological polar surface area (TPSA) is 41.6 Å². The molecule has 1 heterocycles. The molecule has 1 aliphatic rings. The van der Waals surface area contributed by atoms with Crippen molar-refractivity contribution in [1.82, 2.24) is 10.2 Å². The number of hydrogen-bond acceptors (Lipinski definition) is 3. The number of hydrogen-bond donors (Lipinski definition) is 1. The molecule has 0 unspecified atom stereocenters. The highest BCUT2D eigenvalue weighted by Gasteiger charge is 2.24. The van der Waals surface area contributed by atoms with Crippen LogP contribution in [-0.4, -0.2) is 43.7 Å². The van der Waals surface area contributed by atoms with E-state index in [4.69, 9.17) is 4.74 Å². The standard InChI is InChI=1S/C27H29FN2O2/c28-24-13-11-23(12-14-24)26(30-15-17-32-18-16-30)20-29-27(31)19-25(21-7-3-1-4-8-21)22-9-5-2-6-10-22/h1-14,25-26H,15-20H2,(H,29,31)/t26-/m0/s1. The van der Waals surface area contributed by atoms with E-state index in [-0.39, 0.29) is 23.7 Å². The van der Waals surface area contributed by atoms with Gasteiger partial charge in [-0.15, -0.1) is 0 Å². The average molecular weight is 433 g/mol. The number of amides is 1. The van der Waals surface area contributed by atoms with Crippen LogP contribution in [0.1, 0.15) is 35.1 Å². The molecular formula is C27H29FN2O2. The lowest BCUT2D eigenvalue weighted by Crippen LogP contribution is -2.44. The zero-order valence-electron chi connectivity index (χ0n) is 18.1. The summed E-state index contributed by atoms with van der Waals surface area (Å²) in [7, 11) is 0. The van der Waals surface area contributed by atoms with Gasteiger partial charge < -0.3 is 10.1 Å². The normalized spacial score (nSPS) is 15.4. The predicted molar refractivity (Wildman–Crippen MR) is 124 cm³/mol. The van der Waals surface area contributed by atoms with Gasteiger partial charge in [0.2, 0.25) is 5.91 Å². The van der Waals surface area contributed by atoms with Gasteiger partial charge in [-0.25, -0.2) is 4.39 Å². The summed E-state index contributed by atoms with van der Waals surface area (Å²) in [5.74, 6) is -0.264. The smallest absolute Gasteiger partial charge is 0.221 e. The minimum Gasteiger partial charge on any atom is -0.379 e. The molecule has 4 nitrogen and oxygen atoms in total. The van der Waals surface area contributed by atoms with Gasteiger partial charge in [0.1, 0.15) is 5.82 Å². The van der Waals surface area contributed by atoms with Crippen LogP contribution < -0.4 is 5.32 Å². The molecule has 0 aliphatic carbocycles. The summed E-state index contributed by atoms with van der Waals surface area (Å²) in [4.78, 5) is 15.4. The lowest BCUT2D eigenvalue weighted by molar-refractivity contribution is -0.121. The number of carbonyl (C=O) groups is 1. The summed E-state index contributed by atoms with van der Waals surface area (Å²) in [6.07, 6.45) is 0.368. The summed E-state index contributed by atoms with van der Waals surface area (Å²) in [6.45, 7) is 3.37. The van der Waals surface area contributed by atoms with Crippen molar-refractivity contribution in [1.29, 1.82) is 0 Å². The number of nitrogens with one attached hydrogen (secondary N) is 1. The fourth-order valence-corrected chi connectivity index (χ4v) is 4.30. The Morgan fingerprint density at radius 3 is 1.97 bits per heavy atom. The minimum atomic E-state index is -0.257. The molecule has 166 valence electrons. The van der Waals surface area contributed by atoms with Crippen LogP contribution in [0.4, 0.5) is 4.39 Å². The molecule has 1 N–H and O–H groups in total. The molecule has 0 radical (unpaired) electrons. The Bertz CT molecular complexity index is 934. The molecule has 0 bridgehead atoms. The first kappa shape index (κ1) is 22.2. The van der Waals surface area contributed by atoms with E-state index in [0.29, 0.717) is 26.2 Å². The third-order valence-corrected chi connectivity index (χ3v) is 6.03. The van der Waals surface area contributed by atoms with Gasteiger partial charge in [0.25, 0.3) is 0 Å². The maximum Gasteiger partial charge on any atom is 0.221 e. The molecule has 1 amide bonds. The zero-order chi connectivity index (χ0) is 22.2. The first-order valence-electron chi connectivity index (χ1n) is 11.1. The van der Waals surface area contributed by atoms with Crippen LogP contribution in [0.3, 0.4) is 0 Å². The van der Waals surface area contributed by atoms with Gasteiger partial charge in [0.15, 0.2) is 0 Å². The van der Waals surface area contributed by atoms with Gasteiger partial charge in [0, 0.05) is 32.0 Å². The molecule has 4 rings (SSSR count). The van der Waals surface area contributed by atoms with Crippen molar-refractivity contribution < 1.29 is 13.9 Å². The molecule has 1 aliphatic heterocycles. The van der Waals surface area contributed by atoms with Crippen LogP contribution >= 0.6 is 0 Å².